The van der Waals surface area contributed by atoms with Crippen LogP contribution in [-0.4, -0.2) is 45.2 Å². The Morgan fingerprint density at radius 2 is 1.84 bits per heavy atom. The lowest BCUT2D eigenvalue weighted by atomic mass is 9.93. The third-order valence-electron chi connectivity index (χ3n) is 5.64. The fourth-order valence-corrected chi connectivity index (χ4v) is 4.03. The van der Waals surface area contributed by atoms with Gasteiger partial charge < -0.3 is 19.5 Å². The summed E-state index contributed by atoms with van der Waals surface area (Å²) in [5.41, 5.74) is 1.69. The molecule has 1 aliphatic rings. The Balaban J connectivity index is 1.50. The molecule has 1 saturated heterocycles. The van der Waals surface area contributed by atoms with Crippen LogP contribution in [0.25, 0.3) is 0 Å². The van der Waals surface area contributed by atoms with Crippen LogP contribution >= 0.6 is 0 Å². The second-order valence-electron chi connectivity index (χ2n) is 7.90. The molecule has 1 N–H and O–H groups in total. The van der Waals surface area contributed by atoms with Gasteiger partial charge in [-0.3, -0.25) is 9.69 Å². The highest BCUT2D eigenvalue weighted by molar-refractivity contribution is 5.91. The topological polar surface area (TPSA) is 60.0 Å². The van der Waals surface area contributed by atoms with E-state index in [2.05, 4.69) is 10.2 Å². The number of hydrogen-bond acceptors (Lipinski definition) is 5. The maximum atomic E-state index is 13.6. The lowest BCUT2D eigenvalue weighted by Gasteiger charge is -2.32. The van der Waals surface area contributed by atoms with Gasteiger partial charge in [0.25, 0.3) is 0 Å². The molecule has 0 aromatic heterocycles. The normalized spacial score (nSPS) is 16.6. The van der Waals surface area contributed by atoms with Gasteiger partial charge in [0.15, 0.2) is 11.6 Å². The van der Waals surface area contributed by atoms with E-state index in [4.69, 9.17) is 14.2 Å². The Morgan fingerprint density at radius 3 is 2.52 bits per heavy atom. The summed E-state index contributed by atoms with van der Waals surface area (Å²) in [5.74, 6) is 1.64. The number of anilines is 1. The third kappa shape index (κ3) is 6.59. The molecule has 168 valence electrons. The van der Waals surface area contributed by atoms with Gasteiger partial charge in [0.05, 0.1) is 21.3 Å². The van der Waals surface area contributed by atoms with E-state index in [-0.39, 0.29) is 17.5 Å². The number of rotatable bonds is 9. The number of benzene rings is 2. The summed E-state index contributed by atoms with van der Waals surface area (Å²) < 4.78 is 29.2. The number of nitrogens with one attached hydrogen (secondary N) is 1. The van der Waals surface area contributed by atoms with Gasteiger partial charge >= 0.3 is 0 Å². The Bertz CT molecular complexity index is 868. The van der Waals surface area contributed by atoms with Gasteiger partial charge in [0, 0.05) is 43.4 Å². The summed E-state index contributed by atoms with van der Waals surface area (Å²) >= 11 is 0. The van der Waals surface area contributed by atoms with Crippen molar-refractivity contribution in [3.63, 3.8) is 0 Å². The number of carbonyl (C=O) groups is 1. The van der Waals surface area contributed by atoms with Gasteiger partial charge in [-0.2, -0.15) is 0 Å². The predicted molar refractivity (Wildman–Crippen MR) is 118 cm³/mol. The van der Waals surface area contributed by atoms with E-state index in [1.165, 1.54) is 13.2 Å². The first-order valence-corrected chi connectivity index (χ1v) is 10.6. The molecule has 1 fully saturated rings. The fraction of sp³-hybridized carbons (Fsp3) is 0.458. The molecular weight excluding hydrogens is 399 g/mol. The molecule has 3 rings (SSSR count). The van der Waals surface area contributed by atoms with Crippen LogP contribution in [0.2, 0.25) is 0 Å². The van der Waals surface area contributed by atoms with Gasteiger partial charge in [0.2, 0.25) is 5.91 Å². The van der Waals surface area contributed by atoms with E-state index in [1.807, 2.05) is 0 Å². The van der Waals surface area contributed by atoms with E-state index >= 15 is 0 Å². The first-order chi connectivity index (χ1) is 15.0. The molecule has 0 unspecified atom stereocenters. The van der Waals surface area contributed by atoms with Gasteiger partial charge in [-0.05, 0) is 49.4 Å². The van der Waals surface area contributed by atoms with Crippen molar-refractivity contribution in [1.82, 2.24) is 4.90 Å². The van der Waals surface area contributed by atoms with Crippen LogP contribution < -0.4 is 19.5 Å². The van der Waals surface area contributed by atoms with E-state index < -0.39 is 0 Å². The highest BCUT2D eigenvalue weighted by Crippen LogP contribution is 2.27. The zero-order chi connectivity index (χ0) is 22.2. The number of halogens is 1. The lowest BCUT2D eigenvalue weighted by molar-refractivity contribution is -0.116. The van der Waals surface area contributed by atoms with E-state index in [9.17, 15) is 9.18 Å². The van der Waals surface area contributed by atoms with Gasteiger partial charge in [-0.25, -0.2) is 4.39 Å². The molecule has 7 heteroatoms. The minimum absolute atomic E-state index is 0.0179. The van der Waals surface area contributed by atoms with E-state index in [1.54, 1.807) is 44.6 Å². The fourth-order valence-electron chi connectivity index (χ4n) is 4.03. The Hall–Kier alpha value is -2.80. The van der Waals surface area contributed by atoms with Crippen LogP contribution in [0.15, 0.2) is 36.4 Å². The number of likely N-dealkylation sites (tertiary alicyclic amines) is 1. The van der Waals surface area contributed by atoms with Crippen molar-refractivity contribution in [2.75, 3.05) is 39.7 Å². The molecule has 31 heavy (non-hydrogen) atoms. The van der Waals surface area contributed by atoms with Crippen molar-refractivity contribution >= 4 is 11.6 Å². The molecule has 0 radical (unpaired) electrons. The number of amides is 1. The maximum Gasteiger partial charge on any atom is 0.224 e. The minimum atomic E-state index is -0.345. The van der Waals surface area contributed by atoms with Crippen LogP contribution in [0.5, 0.6) is 17.2 Å². The van der Waals surface area contributed by atoms with Crippen LogP contribution in [-0.2, 0) is 11.3 Å². The first kappa shape index (κ1) is 22.9. The Labute approximate surface area is 183 Å². The van der Waals surface area contributed by atoms with Crippen LogP contribution in [0.4, 0.5) is 10.1 Å². The average molecular weight is 431 g/mol. The van der Waals surface area contributed by atoms with Gasteiger partial charge in [0.1, 0.15) is 11.5 Å². The number of methoxy groups -OCH3 is 3. The van der Waals surface area contributed by atoms with Crippen molar-refractivity contribution in [2.45, 2.75) is 32.2 Å². The molecule has 1 atom stereocenters. The standard InChI is InChI=1S/C24H31FN2O4/c1-29-20-12-19(13-21(14-20)30-2)26-24(28)9-7-17-5-4-10-27(15-17)16-18-6-8-22(25)23(11-18)31-3/h6,8,11-14,17H,4-5,7,9-10,15-16H2,1-3H3,(H,26,28)/t17-/m0/s1. The number of ether oxygens (including phenoxy) is 3. The lowest BCUT2D eigenvalue weighted by Crippen LogP contribution is -2.35. The van der Waals surface area contributed by atoms with Crippen LogP contribution in [0.1, 0.15) is 31.2 Å². The van der Waals surface area contributed by atoms with Crippen molar-refractivity contribution in [3.8, 4) is 17.2 Å². The Morgan fingerprint density at radius 1 is 1.10 bits per heavy atom. The second kappa shape index (κ2) is 11.0. The summed E-state index contributed by atoms with van der Waals surface area (Å²) in [7, 11) is 4.64. The quantitative estimate of drug-likeness (QED) is 0.636. The van der Waals surface area contributed by atoms with E-state index in [0.29, 0.717) is 29.5 Å². The molecular formula is C24H31FN2O4. The second-order valence-corrected chi connectivity index (χ2v) is 7.90. The van der Waals surface area contributed by atoms with Crippen LogP contribution in [0, 0.1) is 11.7 Å². The molecule has 0 bridgehead atoms. The highest BCUT2D eigenvalue weighted by atomic mass is 19.1. The van der Waals surface area contributed by atoms with Crippen molar-refractivity contribution in [1.29, 1.82) is 0 Å². The number of carbonyl (C=O) groups excluding carboxylic acids is 1. The van der Waals surface area contributed by atoms with Gasteiger partial charge in [-0.15, -0.1) is 0 Å². The Kier molecular flexibility index (Phi) is 8.12. The summed E-state index contributed by atoms with van der Waals surface area (Å²) in [6.45, 7) is 2.69. The largest absolute Gasteiger partial charge is 0.497 e. The zero-order valence-corrected chi connectivity index (χ0v) is 18.4. The predicted octanol–water partition coefficient (Wildman–Crippen LogP) is 4.48. The van der Waals surface area contributed by atoms with Crippen molar-refractivity contribution in [3.05, 3.63) is 47.8 Å². The summed E-state index contributed by atoms with van der Waals surface area (Å²) in [5, 5.41) is 2.94. The molecule has 2 aromatic rings. The summed E-state index contributed by atoms with van der Waals surface area (Å²) in [4.78, 5) is 14.8. The molecule has 0 aliphatic carbocycles. The number of hydrogen-bond donors (Lipinski definition) is 1. The molecule has 0 spiro atoms. The molecule has 6 nitrogen and oxygen atoms in total. The van der Waals surface area contributed by atoms with Crippen LogP contribution in [0.3, 0.4) is 0 Å². The third-order valence-corrected chi connectivity index (χ3v) is 5.64. The van der Waals surface area contributed by atoms with Gasteiger partial charge in [-0.1, -0.05) is 6.07 Å². The van der Waals surface area contributed by atoms with Crippen molar-refractivity contribution in [2.24, 2.45) is 5.92 Å². The minimum Gasteiger partial charge on any atom is -0.497 e. The maximum absolute atomic E-state index is 13.6. The zero-order valence-electron chi connectivity index (χ0n) is 18.4. The number of piperidine rings is 1. The molecule has 1 heterocycles. The smallest absolute Gasteiger partial charge is 0.224 e. The van der Waals surface area contributed by atoms with Crippen molar-refractivity contribution < 1.29 is 23.4 Å². The molecule has 1 amide bonds. The highest BCUT2D eigenvalue weighted by Gasteiger charge is 2.21. The first-order valence-electron chi connectivity index (χ1n) is 10.6. The SMILES string of the molecule is COc1cc(NC(=O)CC[C@@H]2CCCN(Cc3ccc(F)c(OC)c3)C2)cc(OC)c1. The molecule has 1 aliphatic heterocycles. The van der Waals surface area contributed by atoms with E-state index in [0.717, 1.165) is 44.5 Å². The molecule has 2 aromatic carbocycles. The monoisotopic (exact) mass is 430 g/mol. The summed E-state index contributed by atoms with van der Waals surface area (Å²) in [6, 6.07) is 10.3. The summed E-state index contributed by atoms with van der Waals surface area (Å²) in [6.07, 6.45) is 3.50. The molecule has 0 saturated carbocycles. The average Bonchev–Trinajstić information content (AvgIpc) is 2.79. The number of nitrogens with zero attached hydrogens (tertiary/aromatic N) is 1.